The number of hydrogen-bond acceptors (Lipinski definition) is 2. The Balaban J connectivity index is 1.88. The Kier molecular flexibility index (Phi) is 4.99. The molecule has 1 fully saturated rings. The van der Waals surface area contributed by atoms with E-state index in [0.29, 0.717) is 0 Å². The SMILES string of the molecule is CCCC1CCC(C#N)(NCc2ccccc2)CC1. The third-order valence-corrected chi connectivity index (χ3v) is 4.34. The van der Waals surface area contributed by atoms with E-state index < -0.39 is 0 Å². The Morgan fingerprint density at radius 3 is 2.53 bits per heavy atom. The molecule has 0 radical (unpaired) electrons. The molecule has 1 aromatic carbocycles. The third-order valence-electron chi connectivity index (χ3n) is 4.34. The average Bonchev–Trinajstić information content (AvgIpc) is 2.48. The number of rotatable bonds is 5. The molecule has 1 N–H and O–H groups in total. The second-order valence-corrected chi connectivity index (χ2v) is 5.77. The van der Waals surface area contributed by atoms with E-state index in [2.05, 4.69) is 30.4 Å². The van der Waals surface area contributed by atoms with E-state index in [1.165, 1.54) is 31.2 Å². The minimum absolute atomic E-state index is 0.292. The Morgan fingerprint density at radius 1 is 1.26 bits per heavy atom. The van der Waals surface area contributed by atoms with Crippen molar-refractivity contribution >= 4 is 0 Å². The van der Waals surface area contributed by atoms with Crippen LogP contribution in [0.2, 0.25) is 0 Å². The summed E-state index contributed by atoms with van der Waals surface area (Å²) in [6.45, 7) is 3.05. The van der Waals surface area contributed by atoms with Gasteiger partial charge in [0.2, 0.25) is 0 Å². The van der Waals surface area contributed by atoms with Gasteiger partial charge in [-0.2, -0.15) is 5.26 Å². The largest absolute Gasteiger partial charge is 0.295 e. The van der Waals surface area contributed by atoms with Gasteiger partial charge in [0.1, 0.15) is 5.54 Å². The number of nitrogens with one attached hydrogen (secondary N) is 1. The van der Waals surface area contributed by atoms with E-state index >= 15 is 0 Å². The summed E-state index contributed by atoms with van der Waals surface area (Å²) in [4.78, 5) is 0. The zero-order valence-corrected chi connectivity index (χ0v) is 11.9. The van der Waals surface area contributed by atoms with Crippen molar-refractivity contribution in [3.05, 3.63) is 35.9 Å². The van der Waals surface area contributed by atoms with Gasteiger partial charge >= 0.3 is 0 Å². The summed E-state index contributed by atoms with van der Waals surface area (Å²) in [7, 11) is 0. The highest BCUT2D eigenvalue weighted by Crippen LogP contribution is 2.34. The van der Waals surface area contributed by atoms with Crippen LogP contribution in [0.5, 0.6) is 0 Å². The Labute approximate surface area is 116 Å². The van der Waals surface area contributed by atoms with Crippen LogP contribution in [0.15, 0.2) is 30.3 Å². The summed E-state index contributed by atoms with van der Waals surface area (Å²) >= 11 is 0. The zero-order chi connectivity index (χ0) is 13.6. The van der Waals surface area contributed by atoms with Crippen LogP contribution in [0.1, 0.15) is 51.0 Å². The van der Waals surface area contributed by atoms with Gasteiger partial charge in [-0.15, -0.1) is 0 Å². The predicted molar refractivity (Wildman–Crippen MR) is 78.5 cm³/mol. The molecular formula is C17H24N2. The lowest BCUT2D eigenvalue weighted by molar-refractivity contribution is 0.228. The number of benzene rings is 1. The molecule has 0 atom stereocenters. The Bertz CT molecular complexity index is 411. The second kappa shape index (κ2) is 6.73. The highest BCUT2D eigenvalue weighted by atomic mass is 15.0. The summed E-state index contributed by atoms with van der Waals surface area (Å²) in [5.74, 6) is 0.838. The first kappa shape index (κ1) is 14.1. The molecular weight excluding hydrogens is 232 g/mol. The minimum Gasteiger partial charge on any atom is -0.295 e. The molecule has 2 heteroatoms. The quantitative estimate of drug-likeness (QED) is 0.863. The van der Waals surface area contributed by atoms with E-state index in [9.17, 15) is 5.26 Å². The normalized spacial score (nSPS) is 26.8. The van der Waals surface area contributed by atoms with Gasteiger partial charge in [0.25, 0.3) is 0 Å². The zero-order valence-electron chi connectivity index (χ0n) is 11.9. The van der Waals surface area contributed by atoms with Crippen molar-refractivity contribution in [3.8, 4) is 6.07 Å². The fourth-order valence-electron chi connectivity index (χ4n) is 3.06. The van der Waals surface area contributed by atoms with Crippen LogP contribution in [0.25, 0.3) is 0 Å². The van der Waals surface area contributed by atoms with Crippen molar-refractivity contribution in [1.29, 1.82) is 5.26 Å². The molecule has 0 amide bonds. The maximum absolute atomic E-state index is 9.52. The molecule has 0 saturated heterocycles. The van der Waals surface area contributed by atoms with Crippen molar-refractivity contribution in [3.63, 3.8) is 0 Å². The van der Waals surface area contributed by atoms with Crippen molar-refractivity contribution in [2.24, 2.45) is 5.92 Å². The molecule has 0 spiro atoms. The van der Waals surface area contributed by atoms with Crippen LogP contribution < -0.4 is 5.32 Å². The lowest BCUT2D eigenvalue weighted by Crippen LogP contribution is -2.46. The summed E-state index contributed by atoms with van der Waals surface area (Å²) in [5, 5.41) is 13.0. The monoisotopic (exact) mass is 256 g/mol. The van der Waals surface area contributed by atoms with Gasteiger partial charge in [-0.25, -0.2) is 0 Å². The molecule has 102 valence electrons. The first-order valence-electron chi connectivity index (χ1n) is 7.48. The van der Waals surface area contributed by atoms with Gasteiger partial charge in [-0.1, -0.05) is 50.1 Å². The molecule has 19 heavy (non-hydrogen) atoms. The van der Waals surface area contributed by atoms with Crippen LogP contribution in [0, 0.1) is 17.2 Å². The first-order chi connectivity index (χ1) is 9.28. The maximum atomic E-state index is 9.52. The van der Waals surface area contributed by atoms with Gasteiger partial charge in [-0.3, -0.25) is 5.32 Å². The molecule has 0 aromatic heterocycles. The molecule has 0 bridgehead atoms. The molecule has 2 rings (SSSR count). The van der Waals surface area contributed by atoms with Crippen LogP contribution in [0.3, 0.4) is 0 Å². The molecule has 1 saturated carbocycles. The highest BCUT2D eigenvalue weighted by Gasteiger charge is 2.34. The van der Waals surface area contributed by atoms with Crippen molar-refractivity contribution in [1.82, 2.24) is 5.32 Å². The predicted octanol–water partition coefficient (Wildman–Crippen LogP) is 4.03. The summed E-state index contributed by atoms with van der Waals surface area (Å²) in [6, 6.07) is 12.9. The third kappa shape index (κ3) is 3.81. The number of nitrogens with zero attached hydrogens (tertiary/aromatic N) is 1. The van der Waals surface area contributed by atoms with Gasteiger partial charge in [-0.05, 0) is 37.2 Å². The Morgan fingerprint density at radius 2 is 1.95 bits per heavy atom. The van der Waals surface area contributed by atoms with Crippen molar-refractivity contribution < 1.29 is 0 Å². The van der Waals surface area contributed by atoms with E-state index in [1.54, 1.807) is 0 Å². The highest BCUT2D eigenvalue weighted by molar-refractivity contribution is 5.17. The minimum atomic E-state index is -0.292. The summed E-state index contributed by atoms with van der Waals surface area (Å²) in [5.41, 5.74) is 0.966. The summed E-state index contributed by atoms with van der Waals surface area (Å²) in [6.07, 6.45) is 6.98. The molecule has 2 nitrogen and oxygen atoms in total. The van der Waals surface area contributed by atoms with E-state index in [0.717, 1.165) is 25.3 Å². The summed E-state index contributed by atoms with van der Waals surface area (Å²) < 4.78 is 0. The standard InChI is InChI=1S/C17H24N2/c1-2-6-15-9-11-17(14-18,12-10-15)19-13-16-7-4-3-5-8-16/h3-5,7-8,15,19H,2,6,9-13H2,1H3. The van der Waals surface area contributed by atoms with Gasteiger partial charge in [0, 0.05) is 6.54 Å². The molecule has 1 aromatic rings. The lowest BCUT2D eigenvalue weighted by Gasteiger charge is -2.35. The smallest absolute Gasteiger partial charge is 0.107 e. The lowest BCUT2D eigenvalue weighted by atomic mass is 9.76. The van der Waals surface area contributed by atoms with Crippen molar-refractivity contribution in [2.75, 3.05) is 0 Å². The van der Waals surface area contributed by atoms with Crippen LogP contribution in [0.4, 0.5) is 0 Å². The van der Waals surface area contributed by atoms with Gasteiger partial charge < -0.3 is 0 Å². The molecule has 0 unspecified atom stereocenters. The van der Waals surface area contributed by atoms with Crippen molar-refractivity contribution in [2.45, 2.75) is 57.5 Å². The number of hydrogen-bond donors (Lipinski definition) is 1. The Hall–Kier alpha value is -1.33. The van der Waals surface area contributed by atoms with Crippen LogP contribution in [-0.2, 0) is 6.54 Å². The van der Waals surface area contributed by atoms with Gasteiger partial charge in [0.15, 0.2) is 0 Å². The average molecular weight is 256 g/mol. The van der Waals surface area contributed by atoms with E-state index in [1.807, 2.05) is 18.2 Å². The molecule has 1 aliphatic rings. The van der Waals surface area contributed by atoms with Gasteiger partial charge in [0.05, 0.1) is 6.07 Å². The molecule has 0 aliphatic heterocycles. The topological polar surface area (TPSA) is 35.8 Å². The van der Waals surface area contributed by atoms with Crippen LogP contribution in [-0.4, -0.2) is 5.54 Å². The second-order valence-electron chi connectivity index (χ2n) is 5.77. The van der Waals surface area contributed by atoms with E-state index in [4.69, 9.17) is 0 Å². The number of nitriles is 1. The molecule has 0 heterocycles. The van der Waals surface area contributed by atoms with E-state index in [-0.39, 0.29) is 5.54 Å². The fraction of sp³-hybridized carbons (Fsp3) is 0.588. The fourth-order valence-corrected chi connectivity index (χ4v) is 3.06. The van der Waals surface area contributed by atoms with Crippen LogP contribution >= 0.6 is 0 Å². The molecule has 1 aliphatic carbocycles. The maximum Gasteiger partial charge on any atom is 0.107 e. The first-order valence-corrected chi connectivity index (χ1v) is 7.48.